The molecule has 1 fully saturated rings. The Morgan fingerprint density at radius 2 is 2.07 bits per heavy atom. The van der Waals surface area contributed by atoms with E-state index in [0.717, 1.165) is 31.0 Å². The van der Waals surface area contributed by atoms with Crippen LogP contribution in [0.4, 0.5) is 0 Å². The summed E-state index contributed by atoms with van der Waals surface area (Å²) in [7, 11) is 0. The number of aryl methyl sites for hydroxylation is 1. The molecule has 0 spiro atoms. The maximum Gasteiger partial charge on any atom is 0.0852 e. The van der Waals surface area contributed by atoms with Gasteiger partial charge in [0, 0.05) is 6.54 Å². The highest BCUT2D eigenvalue weighted by molar-refractivity contribution is 5.28. The van der Waals surface area contributed by atoms with E-state index in [2.05, 4.69) is 9.78 Å². The SMILES string of the molecule is OCc1c2c(nn1CC1CC1)CCCC2. The van der Waals surface area contributed by atoms with Crippen LogP contribution in [0.2, 0.25) is 0 Å². The van der Waals surface area contributed by atoms with Gasteiger partial charge in [0.05, 0.1) is 18.0 Å². The summed E-state index contributed by atoms with van der Waals surface area (Å²) >= 11 is 0. The molecule has 0 unspecified atom stereocenters. The van der Waals surface area contributed by atoms with Crippen LogP contribution in [0.3, 0.4) is 0 Å². The van der Waals surface area contributed by atoms with E-state index in [1.54, 1.807) is 0 Å². The van der Waals surface area contributed by atoms with E-state index in [1.807, 2.05) is 0 Å². The molecular weight excluding hydrogens is 188 g/mol. The molecule has 1 saturated carbocycles. The quantitative estimate of drug-likeness (QED) is 0.816. The molecule has 0 radical (unpaired) electrons. The number of nitrogens with zero attached hydrogens (tertiary/aromatic N) is 2. The zero-order valence-electron chi connectivity index (χ0n) is 9.08. The lowest BCUT2D eigenvalue weighted by atomic mass is 9.96. The minimum absolute atomic E-state index is 0.162. The molecule has 1 aromatic rings. The van der Waals surface area contributed by atoms with Gasteiger partial charge in [-0.15, -0.1) is 0 Å². The Hall–Kier alpha value is -0.830. The van der Waals surface area contributed by atoms with Crippen molar-refractivity contribution >= 4 is 0 Å². The van der Waals surface area contributed by atoms with Gasteiger partial charge in [0.2, 0.25) is 0 Å². The molecule has 3 heteroatoms. The minimum atomic E-state index is 0.162. The lowest BCUT2D eigenvalue weighted by Gasteiger charge is -2.10. The molecule has 3 nitrogen and oxygen atoms in total. The van der Waals surface area contributed by atoms with E-state index in [-0.39, 0.29) is 6.61 Å². The van der Waals surface area contributed by atoms with Crippen LogP contribution in [0.25, 0.3) is 0 Å². The van der Waals surface area contributed by atoms with Crippen LogP contribution >= 0.6 is 0 Å². The fourth-order valence-corrected chi connectivity index (χ4v) is 2.55. The Morgan fingerprint density at radius 3 is 2.80 bits per heavy atom. The third-order valence-corrected chi connectivity index (χ3v) is 3.62. The number of hydrogen-bond acceptors (Lipinski definition) is 2. The van der Waals surface area contributed by atoms with Gasteiger partial charge in [-0.2, -0.15) is 5.10 Å². The first kappa shape index (κ1) is 9.40. The zero-order valence-corrected chi connectivity index (χ0v) is 9.08. The average Bonchev–Trinajstić information content (AvgIpc) is 2.99. The Balaban J connectivity index is 1.93. The number of rotatable bonds is 3. The fraction of sp³-hybridized carbons (Fsp3) is 0.750. The number of aliphatic hydroxyl groups is 1. The average molecular weight is 206 g/mol. The molecule has 1 N–H and O–H groups in total. The van der Waals surface area contributed by atoms with Crippen LogP contribution in [0, 0.1) is 5.92 Å². The van der Waals surface area contributed by atoms with Gasteiger partial charge in [0.25, 0.3) is 0 Å². The van der Waals surface area contributed by atoms with Crippen LogP contribution in [0.1, 0.15) is 42.6 Å². The molecule has 1 aromatic heterocycles. The minimum Gasteiger partial charge on any atom is -0.390 e. The second kappa shape index (κ2) is 3.63. The summed E-state index contributed by atoms with van der Waals surface area (Å²) in [6.07, 6.45) is 7.44. The highest BCUT2D eigenvalue weighted by atomic mass is 16.3. The molecule has 3 rings (SSSR count). The Morgan fingerprint density at radius 1 is 1.27 bits per heavy atom. The molecule has 15 heavy (non-hydrogen) atoms. The largest absolute Gasteiger partial charge is 0.390 e. The first-order chi connectivity index (χ1) is 7.38. The summed E-state index contributed by atoms with van der Waals surface area (Å²) in [6.45, 7) is 1.19. The van der Waals surface area contributed by atoms with E-state index in [9.17, 15) is 5.11 Å². The van der Waals surface area contributed by atoms with Gasteiger partial charge in [0.15, 0.2) is 0 Å². The van der Waals surface area contributed by atoms with Crippen LogP contribution in [-0.4, -0.2) is 14.9 Å². The molecule has 0 saturated heterocycles. The third-order valence-electron chi connectivity index (χ3n) is 3.62. The molecule has 2 aliphatic carbocycles. The van der Waals surface area contributed by atoms with E-state index < -0.39 is 0 Å². The molecular formula is C12H18N2O. The predicted octanol–water partition coefficient (Wildman–Crippen LogP) is 1.66. The highest BCUT2D eigenvalue weighted by Gasteiger charge is 2.26. The van der Waals surface area contributed by atoms with Crippen LogP contribution < -0.4 is 0 Å². The highest BCUT2D eigenvalue weighted by Crippen LogP contribution is 2.32. The van der Waals surface area contributed by atoms with Gasteiger partial charge in [-0.3, -0.25) is 4.68 Å². The van der Waals surface area contributed by atoms with Crippen molar-refractivity contribution in [2.45, 2.75) is 51.7 Å². The second-order valence-corrected chi connectivity index (χ2v) is 4.86. The molecule has 0 bridgehead atoms. The van der Waals surface area contributed by atoms with Crippen molar-refractivity contribution in [3.63, 3.8) is 0 Å². The van der Waals surface area contributed by atoms with Gasteiger partial charge in [-0.25, -0.2) is 0 Å². The van der Waals surface area contributed by atoms with Gasteiger partial charge in [0.1, 0.15) is 0 Å². The summed E-state index contributed by atoms with van der Waals surface area (Å²) in [5.41, 5.74) is 3.70. The summed E-state index contributed by atoms with van der Waals surface area (Å²) in [5.74, 6) is 0.830. The summed E-state index contributed by atoms with van der Waals surface area (Å²) in [5, 5.41) is 14.1. The first-order valence-corrected chi connectivity index (χ1v) is 6.07. The van der Waals surface area contributed by atoms with Crippen LogP contribution in [-0.2, 0) is 26.0 Å². The molecule has 0 aliphatic heterocycles. The van der Waals surface area contributed by atoms with Gasteiger partial charge in [-0.05, 0) is 50.0 Å². The number of fused-ring (bicyclic) bond motifs is 1. The Labute approximate surface area is 90.1 Å². The van der Waals surface area contributed by atoms with Gasteiger partial charge in [-0.1, -0.05) is 0 Å². The maximum absolute atomic E-state index is 9.44. The van der Waals surface area contributed by atoms with Crippen molar-refractivity contribution in [1.82, 2.24) is 9.78 Å². The lowest BCUT2D eigenvalue weighted by molar-refractivity contribution is 0.265. The van der Waals surface area contributed by atoms with Crippen molar-refractivity contribution in [2.75, 3.05) is 0 Å². The van der Waals surface area contributed by atoms with Crippen molar-refractivity contribution < 1.29 is 5.11 Å². The molecule has 0 amide bonds. The monoisotopic (exact) mass is 206 g/mol. The maximum atomic E-state index is 9.44. The molecule has 2 aliphatic rings. The number of aliphatic hydroxyl groups excluding tert-OH is 1. The predicted molar refractivity (Wildman–Crippen MR) is 57.5 cm³/mol. The van der Waals surface area contributed by atoms with Crippen molar-refractivity contribution in [1.29, 1.82) is 0 Å². The van der Waals surface area contributed by atoms with E-state index in [4.69, 9.17) is 0 Å². The number of aromatic nitrogens is 2. The number of hydrogen-bond donors (Lipinski definition) is 1. The molecule has 0 atom stereocenters. The Kier molecular flexibility index (Phi) is 2.28. The van der Waals surface area contributed by atoms with Crippen molar-refractivity contribution in [3.8, 4) is 0 Å². The summed E-state index contributed by atoms with van der Waals surface area (Å²) in [6, 6.07) is 0. The van der Waals surface area contributed by atoms with E-state index in [1.165, 1.54) is 36.9 Å². The van der Waals surface area contributed by atoms with Gasteiger partial charge < -0.3 is 5.11 Å². The smallest absolute Gasteiger partial charge is 0.0852 e. The zero-order chi connectivity index (χ0) is 10.3. The lowest BCUT2D eigenvalue weighted by Crippen LogP contribution is -2.07. The molecule has 82 valence electrons. The molecule has 0 aromatic carbocycles. The van der Waals surface area contributed by atoms with Crippen LogP contribution in [0.5, 0.6) is 0 Å². The molecule has 1 heterocycles. The fourth-order valence-electron chi connectivity index (χ4n) is 2.55. The van der Waals surface area contributed by atoms with Gasteiger partial charge >= 0.3 is 0 Å². The van der Waals surface area contributed by atoms with Crippen molar-refractivity contribution in [2.24, 2.45) is 5.92 Å². The standard InChI is InChI=1S/C12H18N2O/c15-8-12-10-3-1-2-4-11(10)13-14(12)7-9-5-6-9/h9,15H,1-8H2. The second-order valence-electron chi connectivity index (χ2n) is 4.86. The van der Waals surface area contributed by atoms with Crippen LogP contribution in [0.15, 0.2) is 0 Å². The normalized spacial score (nSPS) is 20.3. The third kappa shape index (κ3) is 1.69. The van der Waals surface area contributed by atoms with E-state index >= 15 is 0 Å². The first-order valence-electron chi connectivity index (χ1n) is 6.07. The Bertz CT molecular complexity index is 366. The van der Waals surface area contributed by atoms with Crippen molar-refractivity contribution in [3.05, 3.63) is 17.0 Å². The topological polar surface area (TPSA) is 38.1 Å². The summed E-state index contributed by atoms with van der Waals surface area (Å²) < 4.78 is 2.08. The van der Waals surface area contributed by atoms with E-state index in [0.29, 0.717) is 0 Å². The summed E-state index contributed by atoms with van der Waals surface area (Å²) in [4.78, 5) is 0.